The Hall–Kier alpha value is -2.38. The summed E-state index contributed by atoms with van der Waals surface area (Å²) in [5.41, 5.74) is 0.0562. The predicted octanol–water partition coefficient (Wildman–Crippen LogP) is 4.09. The molecule has 1 aliphatic rings. The van der Waals surface area contributed by atoms with E-state index >= 15 is 0 Å². The summed E-state index contributed by atoms with van der Waals surface area (Å²) in [5.74, 6) is -0.435. The van der Waals surface area contributed by atoms with Crippen molar-refractivity contribution in [3.63, 3.8) is 0 Å². The summed E-state index contributed by atoms with van der Waals surface area (Å²) in [6.07, 6.45) is -3.54. The van der Waals surface area contributed by atoms with Crippen molar-refractivity contribution in [2.24, 2.45) is 0 Å². The van der Waals surface area contributed by atoms with Gasteiger partial charge in [0.2, 0.25) is 0 Å². The lowest BCUT2D eigenvalue weighted by atomic mass is 10.0. The lowest BCUT2D eigenvalue weighted by Gasteiger charge is -2.22. The number of hydrogen-bond donors (Lipinski definition) is 1. The van der Waals surface area contributed by atoms with E-state index in [1.807, 2.05) is 19.0 Å². The molecular formula is C21H24F3N3O. The number of alkyl halides is 3. The molecule has 0 spiro atoms. The van der Waals surface area contributed by atoms with Crippen LogP contribution in [0.4, 0.5) is 18.9 Å². The third-order valence-corrected chi connectivity index (χ3v) is 5.08. The third-order valence-electron chi connectivity index (χ3n) is 5.08. The number of anilines is 1. The normalized spacial score (nSPS) is 17.9. The van der Waals surface area contributed by atoms with Crippen LogP contribution in [0.5, 0.6) is 0 Å². The monoisotopic (exact) mass is 391 g/mol. The maximum atomic E-state index is 13.6. The first-order chi connectivity index (χ1) is 13.2. The van der Waals surface area contributed by atoms with Crippen molar-refractivity contribution in [2.45, 2.75) is 25.2 Å². The minimum atomic E-state index is -4.48. The summed E-state index contributed by atoms with van der Waals surface area (Å²) < 4.78 is 40.9. The zero-order valence-electron chi connectivity index (χ0n) is 16.0. The Kier molecular flexibility index (Phi) is 6.05. The Bertz CT molecular complexity index is 821. The second-order valence-corrected chi connectivity index (χ2v) is 7.33. The molecule has 28 heavy (non-hydrogen) atoms. The number of amides is 1. The highest BCUT2D eigenvalue weighted by Gasteiger charge is 2.35. The molecule has 3 rings (SSSR count). The summed E-state index contributed by atoms with van der Waals surface area (Å²) in [7, 11) is 3.97. The van der Waals surface area contributed by atoms with Crippen LogP contribution in [0.1, 0.15) is 27.9 Å². The third kappa shape index (κ3) is 4.91. The largest absolute Gasteiger partial charge is 0.416 e. The molecular weight excluding hydrogens is 367 g/mol. The van der Waals surface area contributed by atoms with E-state index in [1.165, 1.54) is 12.1 Å². The Morgan fingerprint density at radius 2 is 1.89 bits per heavy atom. The van der Waals surface area contributed by atoms with E-state index in [0.29, 0.717) is 11.6 Å². The number of benzene rings is 2. The average Bonchev–Trinajstić information content (AvgIpc) is 3.12. The van der Waals surface area contributed by atoms with Crippen LogP contribution < -0.4 is 5.32 Å². The Morgan fingerprint density at radius 3 is 2.50 bits per heavy atom. The topological polar surface area (TPSA) is 35.6 Å². The molecule has 1 atom stereocenters. The molecule has 2 aromatic carbocycles. The van der Waals surface area contributed by atoms with E-state index in [1.54, 1.807) is 30.3 Å². The van der Waals surface area contributed by atoms with E-state index in [9.17, 15) is 18.0 Å². The van der Waals surface area contributed by atoms with Crippen LogP contribution in [0.15, 0.2) is 48.5 Å². The van der Waals surface area contributed by atoms with E-state index < -0.39 is 17.6 Å². The number of halogens is 3. The van der Waals surface area contributed by atoms with Gasteiger partial charge in [0.15, 0.2) is 0 Å². The van der Waals surface area contributed by atoms with Gasteiger partial charge in [-0.1, -0.05) is 24.3 Å². The fourth-order valence-electron chi connectivity index (χ4n) is 3.47. The molecule has 0 aromatic heterocycles. The highest BCUT2D eigenvalue weighted by atomic mass is 19.4. The zero-order valence-corrected chi connectivity index (χ0v) is 16.0. The quantitative estimate of drug-likeness (QED) is 0.834. The number of carbonyl (C=O) groups is 1. The molecule has 7 heteroatoms. The summed E-state index contributed by atoms with van der Waals surface area (Å²) in [4.78, 5) is 16.4. The minimum Gasteiger partial charge on any atom is -0.322 e. The van der Waals surface area contributed by atoms with Gasteiger partial charge in [-0.25, -0.2) is 0 Å². The lowest BCUT2D eigenvalue weighted by Crippen LogP contribution is -2.31. The van der Waals surface area contributed by atoms with Gasteiger partial charge in [0, 0.05) is 36.9 Å². The Morgan fingerprint density at radius 1 is 1.18 bits per heavy atom. The maximum absolute atomic E-state index is 13.6. The average molecular weight is 391 g/mol. The smallest absolute Gasteiger partial charge is 0.322 e. The van der Waals surface area contributed by atoms with Crippen LogP contribution >= 0.6 is 0 Å². The molecule has 150 valence electrons. The summed E-state index contributed by atoms with van der Waals surface area (Å²) in [6, 6.07) is 12.8. The number of likely N-dealkylation sites (tertiary alicyclic amines) is 1. The maximum Gasteiger partial charge on any atom is 0.416 e. The van der Waals surface area contributed by atoms with E-state index in [2.05, 4.69) is 10.2 Å². The Labute approximate surface area is 162 Å². The van der Waals surface area contributed by atoms with Gasteiger partial charge in [0.1, 0.15) is 0 Å². The van der Waals surface area contributed by atoms with Crippen LogP contribution in [-0.2, 0) is 12.7 Å². The van der Waals surface area contributed by atoms with Crippen LogP contribution in [0.25, 0.3) is 0 Å². The molecule has 1 N–H and O–H groups in total. The Balaban J connectivity index is 1.78. The minimum absolute atomic E-state index is 0.137. The number of rotatable bonds is 5. The van der Waals surface area contributed by atoms with E-state index in [4.69, 9.17) is 0 Å². The van der Waals surface area contributed by atoms with Gasteiger partial charge >= 0.3 is 6.18 Å². The number of nitrogens with one attached hydrogen (secondary N) is 1. The lowest BCUT2D eigenvalue weighted by molar-refractivity contribution is -0.138. The molecule has 0 bridgehead atoms. The second kappa shape index (κ2) is 8.32. The van der Waals surface area contributed by atoms with Gasteiger partial charge in [-0.05, 0) is 50.3 Å². The van der Waals surface area contributed by atoms with E-state index in [0.717, 1.165) is 25.6 Å². The molecule has 1 amide bonds. The van der Waals surface area contributed by atoms with Crippen molar-refractivity contribution in [3.8, 4) is 0 Å². The first-order valence-corrected chi connectivity index (χ1v) is 9.19. The van der Waals surface area contributed by atoms with Crippen molar-refractivity contribution in [1.82, 2.24) is 9.80 Å². The van der Waals surface area contributed by atoms with Gasteiger partial charge in [0.05, 0.1) is 5.56 Å². The van der Waals surface area contributed by atoms with E-state index in [-0.39, 0.29) is 17.8 Å². The van der Waals surface area contributed by atoms with Gasteiger partial charge in [-0.3, -0.25) is 9.69 Å². The molecule has 0 radical (unpaired) electrons. The number of likely N-dealkylation sites (N-methyl/N-ethyl adjacent to an activating group) is 1. The number of hydrogen-bond acceptors (Lipinski definition) is 3. The SMILES string of the molecule is CN(C)[C@H]1CCN(Cc2ccc(NC(=O)c3ccccc3)cc2C(F)(F)F)C1. The van der Waals surface area contributed by atoms with Gasteiger partial charge in [-0.15, -0.1) is 0 Å². The summed E-state index contributed by atoms with van der Waals surface area (Å²) in [6.45, 7) is 1.76. The van der Waals surface area contributed by atoms with Gasteiger partial charge < -0.3 is 10.2 Å². The first kappa shape index (κ1) is 20.4. The molecule has 4 nitrogen and oxygen atoms in total. The van der Waals surface area contributed by atoms with Crippen molar-refractivity contribution in [2.75, 3.05) is 32.5 Å². The molecule has 1 saturated heterocycles. The predicted molar refractivity (Wildman–Crippen MR) is 103 cm³/mol. The molecule has 1 heterocycles. The highest BCUT2D eigenvalue weighted by molar-refractivity contribution is 6.04. The fraction of sp³-hybridized carbons (Fsp3) is 0.381. The van der Waals surface area contributed by atoms with Crippen LogP contribution in [0, 0.1) is 0 Å². The molecule has 2 aromatic rings. The van der Waals surface area contributed by atoms with Crippen molar-refractivity contribution in [1.29, 1.82) is 0 Å². The van der Waals surface area contributed by atoms with Crippen molar-refractivity contribution in [3.05, 3.63) is 65.2 Å². The fourth-order valence-corrected chi connectivity index (χ4v) is 3.47. The van der Waals surface area contributed by atoms with Crippen molar-refractivity contribution < 1.29 is 18.0 Å². The summed E-state index contributed by atoms with van der Waals surface area (Å²) in [5, 5.41) is 2.55. The molecule has 1 fully saturated rings. The summed E-state index contributed by atoms with van der Waals surface area (Å²) >= 11 is 0. The molecule has 0 aliphatic carbocycles. The standard InChI is InChI=1S/C21H24F3N3O/c1-26(2)18-10-11-27(14-18)13-16-8-9-17(12-19(16)21(22,23)24)25-20(28)15-6-4-3-5-7-15/h3-9,12,18H,10-11,13-14H2,1-2H3,(H,25,28)/t18-/m0/s1. The molecule has 1 aliphatic heterocycles. The second-order valence-electron chi connectivity index (χ2n) is 7.33. The van der Waals surface area contributed by atoms with Crippen molar-refractivity contribution >= 4 is 11.6 Å². The zero-order chi connectivity index (χ0) is 20.3. The van der Waals surface area contributed by atoms with Gasteiger partial charge in [-0.2, -0.15) is 13.2 Å². The molecule has 0 unspecified atom stereocenters. The van der Waals surface area contributed by atoms with Crippen LogP contribution in [0.2, 0.25) is 0 Å². The van der Waals surface area contributed by atoms with Gasteiger partial charge in [0.25, 0.3) is 5.91 Å². The first-order valence-electron chi connectivity index (χ1n) is 9.19. The van der Waals surface area contributed by atoms with Crippen LogP contribution in [-0.4, -0.2) is 48.9 Å². The van der Waals surface area contributed by atoms with Crippen LogP contribution in [0.3, 0.4) is 0 Å². The highest BCUT2D eigenvalue weighted by Crippen LogP contribution is 2.35. The molecule has 0 saturated carbocycles. The number of carbonyl (C=O) groups excluding carboxylic acids is 1. The number of nitrogens with zero attached hydrogens (tertiary/aromatic N) is 2.